The second kappa shape index (κ2) is 11.5. The molecule has 1 fully saturated rings. The van der Waals surface area contributed by atoms with Crippen LogP contribution in [0.15, 0.2) is 82.5 Å². The van der Waals surface area contributed by atoms with Crippen molar-refractivity contribution in [1.29, 1.82) is 5.41 Å². The molecule has 0 atom stereocenters. The van der Waals surface area contributed by atoms with E-state index in [1.165, 1.54) is 4.68 Å². The third-order valence-corrected chi connectivity index (χ3v) is 7.65. The summed E-state index contributed by atoms with van der Waals surface area (Å²) in [6, 6.07) is 21.3. The number of amidine groups is 1. The van der Waals surface area contributed by atoms with Gasteiger partial charge in [0.25, 0.3) is 17.4 Å². The lowest BCUT2D eigenvalue weighted by Gasteiger charge is -2.12. The minimum absolute atomic E-state index is 0.103. The fourth-order valence-electron chi connectivity index (χ4n) is 4.38. The van der Waals surface area contributed by atoms with E-state index >= 15 is 0 Å². The lowest BCUT2D eigenvalue weighted by molar-refractivity contribution is -0.118. The molecule has 0 radical (unpaired) electrons. The van der Waals surface area contributed by atoms with Gasteiger partial charge in [0.15, 0.2) is 11.8 Å². The maximum absolute atomic E-state index is 13.6. The second-order valence-electron chi connectivity index (χ2n) is 9.35. The highest BCUT2D eigenvalue weighted by Crippen LogP contribution is 2.37. The van der Waals surface area contributed by atoms with Gasteiger partial charge in [-0.05, 0) is 74.1 Å². The highest BCUT2D eigenvalue weighted by molar-refractivity contribution is 8.19. The van der Waals surface area contributed by atoms with E-state index in [-0.39, 0.29) is 28.3 Å². The first-order chi connectivity index (χ1) is 19.6. The van der Waals surface area contributed by atoms with E-state index in [0.29, 0.717) is 33.4 Å². The van der Waals surface area contributed by atoms with Gasteiger partial charge in [0.2, 0.25) is 0 Å². The van der Waals surface area contributed by atoms with Crippen molar-refractivity contribution >= 4 is 57.8 Å². The topological polar surface area (TPSA) is 109 Å². The number of nitrogens with one attached hydrogen (secondary N) is 2. The molecule has 1 aliphatic rings. The lowest BCUT2D eigenvalue weighted by atomic mass is 10.1. The molecule has 1 aliphatic heterocycles. The predicted molar refractivity (Wildman–Crippen MR) is 163 cm³/mol. The Kier molecular flexibility index (Phi) is 7.87. The molecule has 1 aromatic heterocycles. The van der Waals surface area contributed by atoms with E-state index in [9.17, 15) is 14.4 Å². The Hall–Kier alpha value is -4.54. The normalized spacial score (nSPS) is 14.1. The summed E-state index contributed by atoms with van der Waals surface area (Å²) in [5.74, 6) is -0.536. The summed E-state index contributed by atoms with van der Waals surface area (Å²) in [4.78, 5) is 40.9. The van der Waals surface area contributed by atoms with E-state index in [2.05, 4.69) is 5.32 Å². The van der Waals surface area contributed by atoms with Crippen molar-refractivity contribution in [2.45, 2.75) is 13.8 Å². The molecule has 3 aromatic carbocycles. The third kappa shape index (κ3) is 5.70. The minimum Gasteiger partial charge on any atom is -0.483 e. The Bertz CT molecular complexity index is 1760. The molecule has 4 aromatic rings. The summed E-state index contributed by atoms with van der Waals surface area (Å²) in [7, 11) is 1.73. The monoisotopic (exact) mass is 587 g/mol. The Morgan fingerprint density at radius 1 is 1.05 bits per heavy atom. The molecule has 208 valence electrons. The molecule has 0 unspecified atom stereocenters. The van der Waals surface area contributed by atoms with Crippen molar-refractivity contribution in [3.8, 4) is 11.4 Å². The van der Waals surface area contributed by atoms with E-state index in [1.54, 1.807) is 67.2 Å². The number of aromatic nitrogens is 2. The fraction of sp³-hybridized carbons (Fsp3) is 0.133. The van der Waals surface area contributed by atoms with Crippen LogP contribution in [-0.2, 0) is 16.6 Å². The zero-order valence-electron chi connectivity index (χ0n) is 22.5. The first kappa shape index (κ1) is 28.0. The van der Waals surface area contributed by atoms with Crippen molar-refractivity contribution < 1.29 is 14.3 Å². The van der Waals surface area contributed by atoms with Crippen molar-refractivity contribution in [2.24, 2.45) is 7.05 Å². The van der Waals surface area contributed by atoms with Crippen LogP contribution in [0.1, 0.15) is 16.8 Å². The molecule has 2 N–H and O–H groups in total. The van der Waals surface area contributed by atoms with Gasteiger partial charge in [-0.2, -0.15) is 0 Å². The van der Waals surface area contributed by atoms with Gasteiger partial charge < -0.3 is 10.1 Å². The molecule has 41 heavy (non-hydrogen) atoms. The number of amides is 2. The van der Waals surface area contributed by atoms with Gasteiger partial charge >= 0.3 is 0 Å². The SMILES string of the molecule is Cc1ccc(NC(=O)COc2ccc(Cl)cc2/C=C2\SC(=N)N(c3c(C)n(C)n(-c4ccccc4)c3=O)C2=O)cc1. The molecule has 11 heteroatoms. The summed E-state index contributed by atoms with van der Waals surface area (Å²) >= 11 is 7.17. The Morgan fingerprint density at radius 3 is 2.46 bits per heavy atom. The zero-order chi connectivity index (χ0) is 29.3. The van der Waals surface area contributed by atoms with Crippen LogP contribution in [0.25, 0.3) is 11.8 Å². The molecule has 0 saturated carbocycles. The van der Waals surface area contributed by atoms with Crippen LogP contribution in [0.5, 0.6) is 5.75 Å². The van der Waals surface area contributed by atoms with Crippen LogP contribution < -0.4 is 20.5 Å². The largest absolute Gasteiger partial charge is 0.483 e. The first-order valence-electron chi connectivity index (χ1n) is 12.6. The van der Waals surface area contributed by atoms with E-state index in [0.717, 1.165) is 22.2 Å². The number of aryl methyl sites for hydroxylation is 1. The fourth-order valence-corrected chi connectivity index (χ4v) is 5.40. The molecular weight excluding hydrogens is 562 g/mol. The Balaban J connectivity index is 1.40. The molecule has 1 saturated heterocycles. The Morgan fingerprint density at radius 2 is 1.76 bits per heavy atom. The van der Waals surface area contributed by atoms with Gasteiger partial charge in [0, 0.05) is 23.3 Å². The second-order valence-corrected chi connectivity index (χ2v) is 10.8. The van der Waals surface area contributed by atoms with Crippen molar-refractivity contribution in [3.63, 3.8) is 0 Å². The van der Waals surface area contributed by atoms with Gasteiger partial charge in [-0.1, -0.05) is 47.5 Å². The maximum atomic E-state index is 13.6. The third-order valence-electron chi connectivity index (χ3n) is 6.52. The van der Waals surface area contributed by atoms with E-state index in [1.807, 2.05) is 37.3 Å². The van der Waals surface area contributed by atoms with Crippen LogP contribution in [0.4, 0.5) is 11.4 Å². The van der Waals surface area contributed by atoms with Crippen LogP contribution >= 0.6 is 23.4 Å². The summed E-state index contributed by atoms with van der Waals surface area (Å²) in [6.07, 6.45) is 1.55. The highest BCUT2D eigenvalue weighted by atomic mass is 35.5. The summed E-state index contributed by atoms with van der Waals surface area (Å²) in [5.41, 5.74) is 3.05. The number of rotatable bonds is 7. The number of benzene rings is 3. The minimum atomic E-state index is -0.519. The number of hydrogen-bond donors (Lipinski definition) is 2. The molecule has 2 heterocycles. The Labute approximate surface area is 245 Å². The van der Waals surface area contributed by atoms with E-state index in [4.69, 9.17) is 21.7 Å². The van der Waals surface area contributed by atoms with Crippen molar-refractivity contribution in [3.05, 3.63) is 110 Å². The molecule has 2 amide bonds. The van der Waals surface area contributed by atoms with Gasteiger partial charge in [-0.3, -0.25) is 24.5 Å². The first-order valence-corrected chi connectivity index (χ1v) is 13.8. The number of anilines is 2. The zero-order valence-corrected chi connectivity index (χ0v) is 24.0. The number of hydrogen-bond acceptors (Lipinski definition) is 6. The standard InChI is InChI=1S/C30H26ClN5O4S/c1-18-9-12-22(13-10-18)33-26(37)17-40-24-14-11-21(31)15-20(24)16-25-28(38)35(30(32)41-25)27-19(2)34(3)36(29(27)39)23-7-5-4-6-8-23/h4-16,32H,17H2,1-3H3,(H,33,37)/b25-16-,32-30?. The van der Waals surface area contributed by atoms with Crippen LogP contribution in [0.3, 0.4) is 0 Å². The number of nitrogens with zero attached hydrogens (tertiary/aromatic N) is 3. The number of para-hydroxylation sites is 1. The molecule has 0 bridgehead atoms. The average molecular weight is 588 g/mol. The molecule has 9 nitrogen and oxygen atoms in total. The lowest BCUT2D eigenvalue weighted by Crippen LogP contribution is -2.33. The van der Waals surface area contributed by atoms with Crippen LogP contribution in [-0.4, -0.2) is 33.0 Å². The van der Waals surface area contributed by atoms with E-state index < -0.39 is 11.5 Å². The summed E-state index contributed by atoms with van der Waals surface area (Å²) in [6.45, 7) is 3.42. The quantitative estimate of drug-likeness (QED) is 0.277. The highest BCUT2D eigenvalue weighted by Gasteiger charge is 2.38. The smallest absolute Gasteiger partial charge is 0.296 e. The number of carbonyl (C=O) groups is 2. The maximum Gasteiger partial charge on any atom is 0.296 e. The number of halogens is 1. The van der Waals surface area contributed by atoms with Crippen LogP contribution in [0, 0.1) is 19.3 Å². The van der Waals surface area contributed by atoms with Gasteiger partial charge in [-0.15, -0.1) is 0 Å². The molecule has 0 aliphatic carbocycles. The molecular formula is C30H26ClN5O4S. The predicted octanol–water partition coefficient (Wildman–Crippen LogP) is 5.52. The van der Waals surface area contributed by atoms with Crippen molar-refractivity contribution in [1.82, 2.24) is 9.36 Å². The van der Waals surface area contributed by atoms with Crippen LogP contribution in [0.2, 0.25) is 5.02 Å². The van der Waals surface area contributed by atoms with Gasteiger partial charge in [0.05, 0.1) is 16.3 Å². The van der Waals surface area contributed by atoms with Crippen molar-refractivity contribution in [2.75, 3.05) is 16.8 Å². The number of carbonyl (C=O) groups excluding carboxylic acids is 2. The molecule has 0 spiro atoms. The summed E-state index contributed by atoms with van der Waals surface area (Å²) < 4.78 is 8.90. The molecule has 5 rings (SSSR count). The number of thioether (sulfide) groups is 1. The average Bonchev–Trinajstić information content (AvgIpc) is 3.34. The number of ether oxygens (including phenoxy) is 1. The van der Waals surface area contributed by atoms with Gasteiger partial charge in [0.1, 0.15) is 11.4 Å². The summed E-state index contributed by atoms with van der Waals surface area (Å²) in [5, 5.41) is 11.6. The van der Waals surface area contributed by atoms with Gasteiger partial charge in [-0.25, -0.2) is 9.58 Å².